The van der Waals surface area contributed by atoms with Gasteiger partial charge in [0.2, 0.25) is 0 Å². The van der Waals surface area contributed by atoms with Crippen molar-refractivity contribution in [3.8, 4) is 0 Å². The summed E-state index contributed by atoms with van der Waals surface area (Å²) in [7, 11) is 0. The van der Waals surface area contributed by atoms with Crippen LogP contribution in [0, 0.1) is 12.8 Å². The van der Waals surface area contributed by atoms with Gasteiger partial charge in [-0.15, -0.1) is 0 Å². The maximum Gasteiger partial charge on any atom is 0.338 e. The minimum atomic E-state index is -0.862. The molecule has 0 radical (unpaired) electrons. The SMILES string of the molecule is Cc1c(C(=O)O)c2ccccc2n1C(C)C1CCC(O)CC1. The van der Waals surface area contributed by atoms with Gasteiger partial charge in [-0.25, -0.2) is 4.79 Å². The number of carboxylic acids is 1. The maximum absolute atomic E-state index is 11.6. The largest absolute Gasteiger partial charge is 0.478 e. The molecule has 0 saturated heterocycles. The van der Waals surface area contributed by atoms with Crippen molar-refractivity contribution in [3.63, 3.8) is 0 Å². The minimum Gasteiger partial charge on any atom is -0.478 e. The summed E-state index contributed by atoms with van der Waals surface area (Å²) in [6.45, 7) is 4.07. The van der Waals surface area contributed by atoms with Gasteiger partial charge in [0.1, 0.15) is 0 Å². The van der Waals surface area contributed by atoms with Crippen LogP contribution < -0.4 is 0 Å². The van der Waals surface area contributed by atoms with Crippen molar-refractivity contribution in [2.45, 2.75) is 51.7 Å². The molecule has 0 amide bonds. The van der Waals surface area contributed by atoms with Crippen molar-refractivity contribution in [2.75, 3.05) is 0 Å². The van der Waals surface area contributed by atoms with Gasteiger partial charge in [0.15, 0.2) is 0 Å². The van der Waals surface area contributed by atoms with Crippen molar-refractivity contribution in [1.82, 2.24) is 4.57 Å². The molecule has 1 heterocycles. The molecular formula is C18H23NO3. The van der Waals surface area contributed by atoms with Crippen LogP contribution in [0.15, 0.2) is 24.3 Å². The van der Waals surface area contributed by atoms with Crippen LogP contribution >= 0.6 is 0 Å². The molecule has 2 aromatic rings. The van der Waals surface area contributed by atoms with Crippen LogP contribution in [0.5, 0.6) is 0 Å². The predicted molar refractivity (Wildman–Crippen MR) is 86.3 cm³/mol. The first-order valence-corrected chi connectivity index (χ1v) is 8.01. The van der Waals surface area contributed by atoms with Crippen molar-refractivity contribution >= 4 is 16.9 Å². The number of aromatic nitrogens is 1. The lowest BCUT2D eigenvalue weighted by Crippen LogP contribution is -2.25. The van der Waals surface area contributed by atoms with E-state index in [-0.39, 0.29) is 12.1 Å². The third kappa shape index (κ3) is 2.41. The van der Waals surface area contributed by atoms with Gasteiger partial charge in [-0.1, -0.05) is 18.2 Å². The second kappa shape index (κ2) is 5.76. The van der Waals surface area contributed by atoms with Crippen LogP contribution in [-0.4, -0.2) is 26.9 Å². The number of para-hydroxylation sites is 1. The first-order chi connectivity index (χ1) is 10.5. The Labute approximate surface area is 130 Å². The second-order valence-electron chi connectivity index (χ2n) is 6.46. The summed E-state index contributed by atoms with van der Waals surface area (Å²) in [5.74, 6) is -0.377. The zero-order valence-electron chi connectivity index (χ0n) is 13.1. The Morgan fingerprint density at radius 2 is 1.86 bits per heavy atom. The summed E-state index contributed by atoms with van der Waals surface area (Å²) in [6, 6.07) is 7.98. The van der Waals surface area contributed by atoms with Crippen LogP contribution in [0.2, 0.25) is 0 Å². The molecule has 4 heteroatoms. The summed E-state index contributed by atoms with van der Waals surface area (Å²) in [6.07, 6.45) is 3.52. The van der Waals surface area contributed by atoms with E-state index < -0.39 is 5.97 Å². The smallest absolute Gasteiger partial charge is 0.338 e. The fraction of sp³-hybridized carbons (Fsp3) is 0.500. The molecule has 1 fully saturated rings. The number of aromatic carboxylic acids is 1. The van der Waals surface area contributed by atoms with Gasteiger partial charge < -0.3 is 14.8 Å². The zero-order valence-corrected chi connectivity index (χ0v) is 13.1. The number of rotatable bonds is 3. The standard InChI is InChI=1S/C18H23NO3/c1-11(13-7-9-14(20)10-8-13)19-12(2)17(18(21)22)15-5-3-4-6-16(15)19/h3-6,11,13-14,20H,7-10H2,1-2H3,(H,21,22). The number of hydrogen-bond donors (Lipinski definition) is 2. The summed E-state index contributed by atoms with van der Waals surface area (Å²) in [5, 5.41) is 20.1. The predicted octanol–water partition coefficient (Wildman–Crippen LogP) is 3.76. The quantitative estimate of drug-likeness (QED) is 0.907. The Morgan fingerprint density at radius 3 is 2.50 bits per heavy atom. The molecule has 1 aromatic heterocycles. The average molecular weight is 301 g/mol. The monoisotopic (exact) mass is 301 g/mol. The lowest BCUT2D eigenvalue weighted by molar-refractivity contribution is 0.0697. The molecule has 118 valence electrons. The zero-order chi connectivity index (χ0) is 15.9. The molecule has 4 nitrogen and oxygen atoms in total. The Hall–Kier alpha value is -1.81. The molecule has 2 N–H and O–H groups in total. The van der Waals surface area contributed by atoms with E-state index in [9.17, 15) is 15.0 Å². The van der Waals surface area contributed by atoms with E-state index in [0.717, 1.165) is 42.3 Å². The number of aliphatic hydroxyl groups excluding tert-OH is 1. The highest BCUT2D eigenvalue weighted by Crippen LogP contribution is 2.37. The number of hydrogen-bond acceptors (Lipinski definition) is 2. The highest BCUT2D eigenvalue weighted by atomic mass is 16.4. The maximum atomic E-state index is 11.6. The molecule has 1 aromatic carbocycles. The number of nitrogens with zero attached hydrogens (tertiary/aromatic N) is 1. The van der Waals surface area contributed by atoms with Gasteiger partial charge in [-0.3, -0.25) is 0 Å². The number of aliphatic hydroxyl groups is 1. The topological polar surface area (TPSA) is 62.5 Å². The fourth-order valence-electron chi connectivity index (χ4n) is 3.98. The molecule has 0 bridgehead atoms. The molecule has 1 unspecified atom stereocenters. The van der Waals surface area contributed by atoms with Crippen LogP contribution in [0.4, 0.5) is 0 Å². The molecule has 0 aliphatic heterocycles. The Morgan fingerprint density at radius 1 is 1.23 bits per heavy atom. The fourth-order valence-corrected chi connectivity index (χ4v) is 3.98. The summed E-state index contributed by atoms with van der Waals surface area (Å²) < 4.78 is 2.18. The van der Waals surface area contributed by atoms with Gasteiger partial charge in [0.25, 0.3) is 0 Å². The molecule has 1 atom stereocenters. The number of fused-ring (bicyclic) bond motifs is 1. The summed E-state index contributed by atoms with van der Waals surface area (Å²) >= 11 is 0. The summed E-state index contributed by atoms with van der Waals surface area (Å²) in [5.41, 5.74) is 2.24. The van der Waals surface area contributed by atoms with E-state index in [1.165, 1.54) is 0 Å². The third-order valence-corrected chi connectivity index (χ3v) is 5.20. The number of carboxylic acid groups (broad SMARTS) is 1. The number of carbonyl (C=O) groups is 1. The Bertz CT molecular complexity index is 696. The van der Waals surface area contributed by atoms with Crippen LogP contribution in [0.1, 0.15) is 54.7 Å². The summed E-state index contributed by atoms with van der Waals surface area (Å²) in [4.78, 5) is 11.6. The van der Waals surface area contributed by atoms with E-state index in [0.29, 0.717) is 11.5 Å². The molecule has 0 spiro atoms. The van der Waals surface area contributed by atoms with Crippen molar-refractivity contribution in [2.24, 2.45) is 5.92 Å². The molecular weight excluding hydrogens is 278 g/mol. The average Bonchev–Trinajstić information content (AvgIpc) is 2.79. The van der Waals surface area contributed by atoms with Gasteiger partial charge in [0.05, 0.1) is 11.7 Å². The molecule has 1 saturated carbocycles. The highest BCUT2D eigenvalue weighted by molar-refractivity contribution is 6.05. The van der Waals surface area contributed by atoms with Gasteiger partial charge in [-0.2, -0.15) is 0 Å². The van der Waals surface area contributed by atoms with Crippen LogP contribution in [-0.2, 0) is 0 Å². The third-order valence-electron chi connectivity index (χ3n) is 5.20. The lowest BCUT2D eigenvalue weighted by atomic mass is 9.83. The van der Waals surface area contributed by atoms with E-state index in [1.54, 1.807) is 0 Å². The lowest BCUT2D eigenvalue weighted by Gasteiger charge is -2.32. The van der Waals surface area contributed by atoms with E-state index >= 15 is 0 Å². The molecule has 22 heavy (non-hydrogen) atoms. The van der Waals surface area contributed by atoms with E-state index in [2.05, 4.69) is 11.5 Å². The normalized spacial score (nSPS) is 23.6. The van der Waals surface area contributed by atoms with Gasteiger partial charge in [-0.05, 0) is 51.5 Å². The molecule has 3 rings (SSSR count). The minimum absolute atomic E-state index is 0.166. The van der Waals surface area contributed by atoms with E-state index in [1.807, 2.05) is 31.2 Å². The Balaban J connectivity index is 2.06. The van der Waals surface area contributed by atoms with Crippen LogP contribution in [0.3, 0.4) is 0 Å². The van der Waals surface area contributed by atoms with Crippen molar-refractivity contribution in [1.29, 1.82) is 0 Å². The highest BCUT2D eigenvalue weighted by Gasteiger charge is 2.28. The first-order valence-electron chi connectivity index (χ1n) is 8.01. The van der Waals surface area contributed by atoms with E-state index in [4.69, 9.17) is 0 Å². The Kier molecular flexibility index (Phi) is 3.96. The molecule has 1 aliphatic rings. The van der Waals surface area contributed by atoms with Crippen LogP contribution in [0.25, 0.3) is 10.9 Å². The number of benzene rings is 1. The van der Waals surface area contributed by atoms with Crippen molar-refractivity contribution in [3.05, 3.63) is 35.5 Å². The van der Waals surface area contributed by atoms with Gasteiger partial charge in [0, 0.05) is 22.6 Å². The second-order valence-corrected chi connectivity index (χ2v) is 6.46. The van der Waals surface area contributed by atoms with Crippen molar-refractivity contribution < 1.29 is 15.0 Å². The molecule has 1 aliphatic carbocycles. The first kappa shape index (κ1) is 15.1. The van der Waals surface area contributed by atoms with Gasteiger partial charge >= 0.3 is 5.97 Å².